The monoisotopic (exact) mass is 444 g/mol. The fraction of sp³-hybridized carbons (Fsp3) is 0.500. The predicted octanol–water partition coefficient (Wildman–Crippen LogP) is 5.68. The Morgan fingerprint density at radius 2 is 1.93 bits per heavy atom. The third-order valence-electron chi connectivity index (χ3n) is 6.58. The summed E-state index contributed by atoms with van der Waals surface area (Å²) in [6.07, 6.45) is 9.76. The van der Waals surface area contributed by atoms with Gasteiger partial charge in [0.2, 0.25) is 0 Å². The number of aromatic nitrogens is 1. The zero-order valence-electron chi connectivity index (χ0n) is 17.2. The number of ether oxygens (including phenoxy) is 1. The van der Waals surface area contributed by atoms with Gasteiger partial charge in [0.15, 0.2) is 0 Å². The molecule has 1 atom stereocenters. The molecule has 1 saturated heterocycles. The first-order valence-corrected chi connectivity index (χ1v) is 12.3. The average molecular weight is 445 g/mol. The van der Waals surface area contributed by atoms with Crippen LogP contribution in [0.2, 0.25) is 4.34 Å². The fourth-order valence-electron chi connectivity index (χ4n) is 5.01. The summed E-state index contributed by atoms with van der Waals surface area (Å²) in [4.78, 5) is 3.68. The molecular weight excluding hydrogens is 416 g/mol. The number of halogens is 1. The Bertz CT molecular complexity index is 1010. The number of likely N-dealkylation sites (tertiary alicyclic amines) is 1. The van der Waals surface area contributed by atoms with E-state index in [1.807, 2.05) is 6.07 Å². The molecule has 0 spiro atoms. The Morgan fingerprint density at radius 1 is 1.07 bits per heavy atom. The second kappa shape index (κ2) is 8.91. The first-order chi connectivity index (χ1) is 14.7. The minimum atomic E-state index is 0.238. The number of hydrogen-bond donors (Lipinski definition) is 1. The van der Waals surface area contributed by atoms with Crippen LogP contribution in [0.3, 0.4) is 0 Å². The molecule has 0 radical (unpaired) electrons. The summed E-state index contributed by atoms with van der Waals surface area (Å²) in [6.45, 7) is 2.98. The van der Waals surface area contributed by atoms with Crippen molar-refractivity contribution in [3.8, 4) is 5.75 Å². The van der Waals surface area contributed by atoms with Gasteiger partial charge in [0.25, 0.3) is 0 Å². The van der Waals surface area contributed by atoms with Crippen molar-refractivity contribution in [3.05, 3.63) is 51.3 Å². The Morgan fingerprint density at radius 3 is 2.70 bits per heavy atom. The highest BCUT2D eigenvalue weighted by atomic mass is 35.5. The molecule has 3 aromatic rings. The van der Waals surface area contributed by atoms with Crippen molar-refractivity contribution in [2.24, 2.45) is 0 Å². The van der Waals surface area contributed by atoms with E-state index in [9.17, 15) is 5.11 Å². The first kappa shape index (κ1) is 20.4. The largest absolute Gasteiger partial charge is 0.490 e. The van der Waals surface area contributed by atoms with Crippen molar-refractivity contribution in [1.29, 1.82) is 0 Å². The quantitative estimate of drug-likeness (QED) is 0.509. The van der Waals surface area contributed by atoms with Crippen molar-refractivity contribution in [1.82, 2.24) is 9.47 Å². The van der Waals surface area contributed by atoms with Gasteiger partial charge in [-0.3, -0.25) is 4.90 Å². The van der Waals surface area contributed by atoms with Crippen LogP contribution in [0.5, 0.6) is 5.75 Å². The lowest BCUT2D eigenvalue weighted by molar-refractivity contribution is 0.154. The van der Waals surface area contributed by atoms with Crippen LogP contribution in [0.15, 0.2) is 36.5 Å². The van der Waals surface area contributed by atoms with Crippen LogP contribution in [0.25, 0.3) is 10.9 Å². The van der Waals surface area contributed by atoms with E-state index in [1.54, 1.807) is 11.3 Å². The lowest BCUT2D eigenvalue weighted by atomic mass is 10.1. The van der Waals surface area contributed by atoms with E-state index in [4.69, 9.17) is 16.3 Å². The number of benzene rings is 1. The van der Waals surface area contributed by atoms with Gasteiger partial charge in [0.1, 0.15) is 5.75 Å². The molecular formula is C24H29ClN2O2S. The fourth-order valence-corrected chi connectivity index (χ4v) is 6.10. The van der Waals surface area contributed by atoms with Crippen LogP contribution in [0, 0.1) is 0 Å². The van der Waals surface area contributed by atoms with E-state index in [0.29, 0.717) is 6.10 Å². The summed E-state index contributed by atoms with van der Waals surface area (Å²) in [5.74, 6) is 0.979. The lowest BCUT2D eigenvalue weighted by Gasteiger charge is -2.22. The Hall–Kier alpha value is -1.53. The molecule has 0 bridgehead atoms. The van der Waals surface area contributed by atoms with Crippen LogP contribution < -0.4 is 4.74 Å². The summed E-state index contributed by atoms with van der Waals surface area (Å²) in [6, 6.07) is 10.9. The molecule has 160 valence electrons. The van der Waals surface area contributed by atoms with E-state index in [2.05, 4.69) is 39.9 Å². The van der Waals surface area contributed by atoms with Gasteiger partial charge < -0.3 is 14.4 Å². The molecule has 1 aliphatic carbocycles. The maximum atomic E-state index is 9.76. The Balaban J connectivity index is 1.48. The van der Waals surface area contributed by atoms with E-state index in [1.165, 1.54) is 34.2 Å². The number of aliphatic hydroxyl groups excluding tert-OH is 1. The smallest absolute Gasteiger partial charge is 0.120 e. The molecule has 0 amide bonds. The number of nitrogens with zero attached hydrogens (tertiary/aromatic N) is 2. The van der Waals surface area contributed by atoms with Gasteiger partial charge in [-0.25, -0.2) is 0 Å². The summed E-state index contributed by atoms with van der Waals surface area (Å²) >= 11 is 7.80. The second-order valence-corrected chi connectivity index (χ2v) is 10.4. The highest BCUT2D eigenvalue weighted by Crippen LogP contribution is 2.32. The number of hydrogen-bond acceptors (Lipinski definition) is 4. The molecule has 1 aliphatic heterocycles. The van der Waals surface area contributed by atoms with E-state index < -0.39 is 0 Å². The van der Waals surface area contributed by atoms with E-state index >= 15 is 0 Å². The van der Waals surface area contributed by atoms with Crippen molar-refractivity contribution < 1.29 is 9.84 Å². The maximum absolute atomic E-state index is 9.76. The zero-order valence-corrected chi connectivity index (χ0v) is 18.8. The summed E-state index contributed by atoms with van der Waals surface area (Å²) in [7, 11) is 0. The normalized spacial score (nSPS) is 20.5. The number of fused-ring (bicyclic) bond motifs is 1. The molecule has 1 aromatic carbocycles. The van der Waals surface area contributed by atoms with Crippen molar-refractivity contribution >= 4 is 33.8 Å². The summed E-state index contributed by atoms with van der Waals surface area (Å²) < 4.78 is 9.46. The molecule has 30 heavy (non-hydrogen) atoms. The topological polar surface area (TPSA) is 37.6 Å². The van der Waals surface area contributed by atoms with Crippen LogP contribution in [-0.2, 0) is 13.1 Å². The summed E-state index contributed by atoms with van der Waals surface area (Å²) in [5, 5.41) is 11.0. The van der Waals surface area contributed by atoms with Crippen LogP contribution in [-0.4, -0.2) is 39.9 Å². The molecule has 2 aliphatic rings. The van der Waals surface area contributed by atoms with Crippen LogP contribution >= 0.6 is 22.9 Å². The van der Waals surface area contributed by atoms with Gasteiger partial charge in [-0.15, -0.1) is 11.3 Å². The van der Waals surface area contributed by atoms with Gasteiger partial charge in [0.05, 0.1) is 23.6 Å². The van der Waals surface area contributed by atoms with Crippen LogP contribution in [0.4, 0.5) is 0 Å². The highest BCUT2D eigenvalue weighted by Gasteiger charge is 2.25. The molecule has 1 N–H and O–H groups in total. The Kier molecular flexibility index (Phi) is 6.05. The number of aliphatic hydroxyl groups is 1. The number of thiophene rings is 1. The molecule has 6 heteroatoms. The highest BCUT2D eigenvalue weighted by molar-refractivity contribution is 7.16. The van der Waals surface area contributed by atoms with Gasteiger partial charge in [0, 0.05) is 34.6 Å². The average Bonchev–Trinajstić information content (AvgIpc) is 3.53. The van der Waals surface area contributed by atoms with E-state index in [-0.39, 0.29) is 12.6 Å². The van der Waals surface area contributed by atoms with Crippen molar-refractivity contribution in [2.45, 2.75) is 63.8 Å². The third-order valence-corrected chi connectivity index (χ3v) is 7.79. The van der Waals surface area contributed by atoms with Gasteiger partial charge >= 0.3 is 0 Å². The van der Waals surface area contributed by atoms with Crippen molar-refractivity contribution in [3.63, 3.8) is 0 Å². The SMILES string of the molecule is OC[C@@H]1CCCN1Cc1cn(Cc2ccc(Cl)s2)c2ccc(OC3CCCC3)cc12. The van der Waals surface area contributed by atoms with Crippen LogP contribution in [0.1, 0.15) is 49.0 Å². The Labute approximate surface area is 187 Å². The molecule has 1 saturated carbocycles. The first-order valence-electron chi connectivity index (χ1n) is 11.1. The third kappa shape index (κ3) is 4.26. The molecule has 2 fully saturated rings. The van der Waals surface area contributed by atoms with E-state index in [0.717, 1.165) is 55.4 Å². The standard InChI is InChI=1S/C24H29ClN2O2S/c25-24-10-8-21(30-24)15-27-14-17(13-26-11-3-4-18(26)16-28)22-12-20(7-9-23(22)27)29-19-5-1-2-6-19/h7-10,12,14,18-19,28H,1-6,11,13,15-16H2/t18-/m0/s1. The van der Waals surface area contributed by atoms with Gasteiger partial charge in [-0.05, 0) is 81.0 Å². The maximum Gasteiger partial charge on any atom is 0.120 e. The lowest BCUT2D eigenvalue weighted by Crippen LogP contribution is -2.31. The number of rotatable bonds is 7. The predicted molar refractivity (Wildman–Crippen MR) is 124 cm³/mol. The zero-order chi connectivity index (χ0) is 20.5. The molecule has 4 nitrogen and oxygen atoms in total. The van der Waals surface area contributed by atoms with Gasteiger partial charge in [-0.1, -0.05) is 11.6 Å². The molecule has 0 unspecified atom stereocenters. The van der Waals surface area contributed by atoms with Crippen molar-refractivity contribution in [2.75, 3.05) is 13.2 Å². The molecule has 5 rings (SSSR count). The van der Waals surface area contributed by atoms with Gasteiger partial charge in [-0.2, -0.15) is 0 Å². The second-order valence-electron chi connectivity index (χ2n) is 8.64. The minimum absolute atomic E-state index is 0.238. The molecule has 3 heterocycles. The summed E-state index contributed by atoms with van der Waals surface area (Å²) in [5.41, 5.74) is 2.54. The molecule has 2 aromatic heterocycles. The minimum Gasteiger partial charge on any atom is -0.490 e.